The monoisotopic (exact) mass is 410 g/mol. The van der Waals surface area contributed by atoms with Gasteiger partial charge in [-0.3, -0.25) is 9.78 Å². The number of fused-ring (bicyclic) bond motifs is 1. The summed E-state index contributed by atoms with van der Waals surface area (Å²) < 4.78 is 6.17. The van der Waals surface area contributed by atoms with Crippen LogP contribution in [0.1, 0.15) is 31.7 Å². The highest BCUT2D eigenvalue weighted by Gasteiger charge is 2.22. The molecule has 0 saturated carbocycles. The Labute approximate surface area is 178 Å². The number of rotatable bonds is 4. The lowest BCUT2D eigenvalue weighted by Gasteiger charge is -2.32. The summed E-state index contributed by atoms with van der Waals surface area (Å²) in [6, 6.07) is 16.7. The van der Waals surface area contributed by atoms with Gasteiger partial charge in [-0.25, -0.2) is 0 Å². The lowest BCUT2D eigenvalue weighted by atomic mass is 9.98. The van der Waals surface area contributed by atoms with E-state index in [1.54, 1.807) is 0 Å². The average Bonchev–Trinajstić information content (AvgIpc) is 2.73. The van der Waals surface area contributed by atoms with Gasteiger partial charge in [0.2, 0.25) is 5.91 Å². The molecule has 0 bridgehead atoms. The Morgan fingerprint density at radius 2 is 1.86 bits per heavy atom. The van der Waals surface area contributed by atoms with E-state index in [0.29, 0.717) is 6.42 Å². The summed E-state index contributed by atoms with van der Waals surface area (Å²) in [5, 5.41) is 1.16. The van der Waals surface area contributed by atoms with E-state index in [1.165, 1.54) is 11.1 Å². The lowest BCUT2D eigenvalue weighted by Crippen LogP contribution is -2.41. The molecule has 1 saturated heterocycles. The maximum atomic E-state index is 11.8. The number of likely N-dealkylation sites (tertiary alicyclic amines) is 1. The summed E-state index contributed by atoms with van der Waals surface area (Å²) in [5.74, 6) is 1.13. The maximum Gasteiger partial charge on any atom is 0.222 e. The number of hydrogen-bond donors (Lipinski definition) is 0. The minimum atomic E-state index is 0. The minimum absolute atomic E-state index is 0. The second-order valence-corrected chi connectivity index (χ2v) is 7.46. The van der Waals surface area contributed by atoms with Gasteiger partial charge >= 0.3 is 0 Å². The van der Waals surface area contributed by atoms with Gasteiger partial charge in [-0.2, -0.15) is 0 Å². The predicted octanol–water partition coefficient (Wildman–Crippen LogP) is 5.41. The van der Waals surface area contributed by atoms with Crippen LogP contribution in [-0.2, 0) is 4.79 Å². The van der Waals surface area contributed by atoms with Crippen molar-refractivity contribution in [3.05, 3.63) is 60.3 Å². The van der Waals surface area contributed by atoms with E-state index < -0.39 is 0 Å². The number of amides is 1. The molecule has 0 spiro atoms. The molecular formula is C24H27ClN2O2. The van der Waals surface area contributed by atoms with Crippen molar-refractivity contribution in [1.82, 2.24) is 9.88 Å². The van der Waals surface area contributed by atoms with Gasteiger partial charge in [0.25, 0.3) is 0 Å². The zero-order valence-electron chi connectivity index (χ0n) is 16.9. The average molecular weight is 411 g/mol. The summed E-state index contributed by atoms with van der Waals surface area (Å²) in [7, 11) is 0. The van der Waals surface area contributed by atoms with Gasteiger partial charge in [-0.15, -0.1) is 12.4 Å². The van der Waals surface area contributed by atoms with Crippen molar-refractivity contribution in [1.29, 1.82) is 0 Å². The molecule has 1 fully saturated rings. The number of nitrogens with zero attached hydrogens (tertiary/aromatic N) is 2. The van der Waals surface area contributed by atoms with Gasteiger partial charge in [0, 0.05) is 43.9 Å². The molecular weight excluding hydrogens is 384 g/mol. The summed E-state index contributed by atoms with van der Waals surface area (Å²) in [5.41, 5.74) is 4.58. The van der Waals surface area contributed by atoms with Crippen LogP contribution in [0.25, 0.3) is 22.0 Å². The lowest BCUT2D eigenvalue weighted by molar-refractivity contribution is -0.132. The Balaban J connectivity index is 0.00000240. The van der Waals surface area contributed by atoms with Crippen molar-refractivity contribution in [2.45, 2.75) is 39.2 Å². The van der Waals surface area contributed by atoms with Crippen LogP contribution in [-0.4, -0.2) is 35.0 Å². The summed E-state index contributed by atoms with van der Waals surface area (Å²) in [4.78, 5) is 18.2. The Hall–Kier alpha value is -2.59. The van der Waals surface area contributed by atoms with Crippen LogP contribution < -0.4 is 4.74 Å². The quantitative estimate of drug-likeness (QED) is 0.577. The van der Waals surface area contributed by atoms with E-state index in [2.05, 4.69) is 42.2 Å². The van der Waals surface area contributed by atoms with Crippen molar-refractivity contribution in [3.8, 4) is 16.9 Å². The molecule has 2 heterocycles. The molecule has 5 heteroatoms. The standard InChI is InChI=1S/C24H26N2O2.ClH/c1-3-24(27)26-13-10-20(11-14-26)28-19-8-6-18(7-9-19)22-15-17(2)16-23-21(22)5-4-12-25-23;/h4-9,12,15-16,20H,3,10-11,13-14H2,1-2H3;1H. The number of halogens is 1. The molecule has 1 aliphatic rings. The van der Waals surface area contributed by atoms with Crippen LogP contribution in [0.4, 0.5) is 0 Å². The third kappa shape index (κ3) is 4.70. The number of ether oxygens (including phenoxy) is 1. The normalized spacial score (nSPS) is 14.5. The van der Waals surface area contributed by atoms with Gasteiger partial charge in [0.15, 0.2) is 0 Å². The first kappa shape index (κ1) is 21.1. The molecule has 1 aliphatic heterocycles. The van der Waals surface area contributed by atoms with Crippen molar-refractivity contribution in [2.75, 3.05) is 13.1 Å². The fraction of sp³-hybridized carbons (Fsp3) is 0.333. The third-order valence-electron chi connectivity index (χ3n) is 5.43. The van der Waals surface area contributed by atoms with Gasteiger partial charge in [-0.05, 0) is 47.9 Å². The second kappa shape index (κ2) is 9.27. The van der Waals surface area contributed by atoms with Gasteiger partial charge in [-0.1, -0.05) is 31.2 Å². The number of carbonyl (C=O) groups is 1. The number of piperidine rings is 1. The highest BCUT2D eigenvalue weighted by Crippen LogP contribution is 2.31. The minimum Gasteiger partial charge on any atom is -0.490 e. The first-order valence-electron chi connectivity index (χ1n) is 10.0. The molecule has 1 aromatic heterocycles. The largest absolute Gasteiger partial charge is 0.490 e. The van der Waals surface area contributed by atoms with E-state index in [0.717, 1.165) is 48.1 Å². The Morgan fingerprint density at radius 1 is 1.14 bits per heavy atom. The van der Waals surface area contributed by atoms with Crippen LogP contribution in [0.2, 0.25) is 0 Å². The number of pyridine rings is 1. The van der Waals surface area contributed by atoms with Gasteiger partial charge in [0.05, 0.1) is 5.52 Å². The van der Waals surface area contributed by atoms with E-state index >= 15 is 0 Å². The molecule has 0 unspecified atom stereocenters. The number of aryl methyl sites for hydroxylation is 1. The number of hydrogen-bond acceptors (Lipinski definition) is 3. The number of benzene rings is 2. The predicted molar refractivity (Wildman–Crippen MR) is 120 cm³/mol. The molecule has 2 aromatic carbocycles. The summed E-state index contributed by atoms with van der Waals surface area (Å²) in [6.07, 6.45) is 4.37. The third-order valence-corrected chi connectivity index (χ3v) is 5.43. The van der Waals surface area contributed by atoms with Crippen LogP contribution in [0.15, 0.2) is 54.7 Å². The van der Waals surface area contributed by atoms with Crippen LogP contribution in [0.3, 0.4) is 0 Å². The maximum absolute atomic E-state index is 11.8. The molecule has 4 nitrogen and oxygen atoms in total. The number of aromatic nitrogens is 1. The molecule has 0 radical (unpaired) electrons. The molecule has 1 amide bonds. The highest BCUT2D eigenvalue weighted by atomic mass is 35.5. The smallest absolute Gasteiger partial charge is 0.222 e. The van der Waals surface area contributed by atoms with Crippen LogP contribution in [0, 0.1) is 6.92 Å². The van der Waals surface area contributed by atoms with E-state index in [1.807, 2.05) is 36.2 Å². The van der Waals surface area contributed by atoms with Crippen LogP contribution in [0.5, 0.6) is 5.75 Å². The molecule has 0 aliphatic carbocycles. The van der Waals surface area contributed by atoms with E-state index in [9.17, 15) is 4.79 Å². The highest BCUT2D eigenvalue weighted by molar-refractivity contribution is 5.95. The van der Waals surface area contributed by atoms with Crippen LogP contribution >= 0.6 is 12.4 Å². The van der Waals surface area contributed by atoms with Crippen molar-refractivity contribution >= 4 is 29.2 Å². The number of carbonyl (C=O) groups excluding carboxylic acids is 1. The summed E-state index contributed by atoms with van der Waals surface area (Å²) >= 11 is 0. The van der Waals surface area contributed by atoms with Crippen molar-refractivity contribution in [2.24, 2.45) is 0 Å². The Morgan fingerprint density at radius 3 is 2.55 bits per heavy atom. The molecule has 0 atom stereocenters. The Kier molecular flexibility index (Phi) is 6.75. The van der Waals surface area contributed by atoms with Crippen molar-refractivity contribution in [3.63, 3.8) is 0 Å². The Bertz CT molecular complexity index is 980. The molecule has 3 aromatic rings. The second-order valence-electron chi connectivity index (χ2n) is 7.46. The van der Waals surface area contributed by atoms with Gasteiger partial charge in [0.1, 0.15) is 11.9 Å². The van der Waals surface area contributed by atoms with E-state index in [4.69, 9.17) is 4.74 Å². The van der Waals surface area contributed by atoms with Gasteiger partial charge < -0.3 is 9.64 Å². The SMILES string of the molecule is CCC(=O)N1CCC(Oc2ccc(-c3cc(C)cc4ncccc34)cc2)CC1.Cl. The van der Waals surface area contributed by atoms with Crippen molar-refractivity contribution < 1.29 is 9.53 Å². The fourth-order valence-electron chi connectivity index (χ4n) is 3.91. The molecule has 29 heavy (non-hydrogen) atoms. The zero-order valence-corrected chi connectivity index (χ0v) is 17.7. The molecule has 0 N–H and O–H groups in total. The zero-order chi connectivity index (χ0) is 19.5. The van der Waals surface area contributed by atoms with E-state index in [-0.39, 0.29) is 24.4 Å². The first-order chi connectivity index (χ1) is 13.6. The first-order valence-corrected chi connectivity index (χ1v) is 10.0. The molecule has 4 rings (SSSR count). The topological polar surface area (TPSA) is 42.4 Å². The molecule has 152 valence electrons. The fourth-order valence-corrected chi connectivity index (χ4v) is 3.91. The summed E-state index contributed by atoms with van der Waals surface area (Å²) in [6.45, 7) is 5.60.